The first kappa shape index (κ1) is 15.0. The third-order valence-electron chi connectivity index (χ3n) is 4.53. The minimum absolute atomic E-state index is 0.0789. The molecular weight excluding hydrogens is 278 g/mol. The van der Waals surface area contributed by atoms with E-state index in [1.54, 1.807) is 17.6 Å². The third-order valence-corrected chi connectivity index (χ3v) is 4.53. The zero-order valence-electron chi connectivity index (χ0n) is 13.3. The molecule has 0 aliphatic carbocycles. The Hall–Kier alpha value is -1.88. The van der Waals surface area contributed by atoms with Gasteiger partial charge in [-0.15, -0.1) is 0 Å². The second-order valence-corrected chi connectivity index (χ2v) is 6.01. The molecule has 1 N–H and O–H groups in total. The van der Waals surface area contributed by atoms with Crippen molar-refractivity contribution >= 4 is 10.9 Å². The van der Waals surface area contributed by atoms with Crippen molar-refractivity contribution in [2.75, 3.05) is 13.1 Å². The molecule has 1 aliphatic rings. The van der Waals surface area contributed by atoms with Crippen LogP contribution in [0.25, 0.3) is 10.9 Å². The van der Waals surface area contributed by atoms with Crippen molar-refractivity contribution in [1.29, 1.82) is 0 Å². The van der Waals surface area contributed by atoms with E-state index in [9.17, 15) is 9.90 Å². The normalized spacial score (nSPS) is 16.3. The van der Waals surface area contributed by atoms with E-state index in [4.69, 9.17) is 0 Å². The lowest BCUT2D eigenvalue weighted by molar-refractivity contribution is 0.218. The molecule has 0 bridgehead atoms. The Balaban J connectivity index is 2.04. The smallest absolute Gasteiger partial charge is 0.261 e. The predicted molar refractivity (Wildman–Crippen MR) is 87.2 cm³/mol. The van der Waals surface area contributed by atoms with E-state index >= 15 is 0 Å². The van der Waals surface area contributed by atoms with Gasteiger partial charge in [0.15, 0.2) is 0 Å². The number of hydrogen-bond donors (Lipinski definition) is 1. The van der Waals surface area contributed by atoms with Gasteiger partial charge in [0.05, 0.1) is 5.39 Å². The van der Waals surface area contributed by atoms with Gasteiger partial charge in [-0.05, 0) is 45.8 Å². The van der Waals surface area contributed by atoms with Crippen LogP contribution in [-0.4, -0.2) is 32.6 Å². The van der Waals surface area contributed by atoms with Gasteiger partial charge in [0.2, 0.25) is 0 Å². The number of piperidine rings is 1. The molecule has 1 aromatic heterocycles. The number of fused-ring (bicyclic) bond motifs is 1. The standard InChI is InChI=1S/C17H23N3O2/c1-3-20-12(2)18-15-14(17(20)22)8-7-13(16(15)21)11-19-9-5-4-6-10-19/h7-8,21H,3-6,9-11H2,1-2H3. The third kappa shape index (κ3) is 2.61. The monoisotopic (exact) mass is 301 g/mol. The van der Waals surface area contributed by atoms with Crippen molar-refractivity contribution in [1.82, 2.24) is 14.5 Å². The molecule has 1 aromatic carbocycles. The van der Waals surface area contributed by atoms with Crippen LogP contribution in [0.3, 0.4) is 0 Å². The summed E-state index contributed by atoms with van der Waals surface area (Å²) < 4.78 is 1.63. The van der Waals surface area contributed by atoms with Crippen molar-refractivity contribution in [2.45, 2.75) is 46.2 Å². The quantitative estimate of drug-likeness (QED) is 0.946. The average molecular weight is 301 g/mol. The molecule has 1 saturated heterocycles. The summed E-state index contributed by atoms with van der Waals surface area (Å²) in [6, 6.07) is 3.67. The molecular formula is C17H23N3O2. The van der Waals surface area contributed by atoms with E-state index in [0.29, 0.717) is 23.3 Å². The molecule has 0 amide bonds. The first-order valence-electron chi connectivity index (χ1n) is 8.06. The lowest BCUT2D eigenvalue weighted by Gasteiger charge is -2.26. The van der Waals surface area contributed by atoms with Gasteiger partial charge in [0, 0.05) is 18.7 Å². The molecule has 0 atom stereocenters. The summed E-state index contributed by atoms with van der Waals surface area (Å²) in [6.45, 7) is 7.18. The summed E-state index contributed by atoms with van der Waals surface area (Å²) in [6.07, 6.45) is 3.72. The predicted octanol–water partition coefficient (Wildman–Crippen LogP) is 2.42. The Labute approximate surface area is 130 Å². The summed E-state index contributed by atoms with van der Waals surface area (Å²) in [5.74, 6) is 0.803. The Morgan fingerprint density at radius 2 is 1.95 bits per heavy atom. The van der Waals surface area contributed by atoms with Gasteiger partial charge < -0.3 is 5.11 Å². The first-order valence-corrected chi connectivity index (χ1v) is 8.06. The molecule has 5 nitrogen and oxygen atoms in total. The number of aryl methyl sites for hydroxylation is 1. The number of nitrogens with zero attached hydrogens (tertiary/aromatic N) is 3. The maximum atomic E-state index is 12.4. The van der Waals surface area contributed by atoms with Crippen molar-refractivity contribution in [3.05, 3.63) is 33.9 Å². The highest BCUT2D eigenvalue weighted by Gasteiger charge is 2.16. The fourth-order valence-electron chi connectivity index (χ4n) is 3.28. The maximum Gasteiger partial charge on any atom is 0.261 e. The molecule has 3 rings (SSSR count). The van der Waals surface area contributed by atoms with Crippen molar-refractivity contribution < 1.29 is 5.11 Å². The van der Waals surface area contributed by atoms with Crippen molar-refractivity contribution in [3.63, 3.8) is 0 Å². The number of aromatic hydroxyl groups is 1. The van der Waals surface area contributed by atoms with Crippen LogP contribution in [0.4, 0.5) is 0 Å². The molecule has 0 unspecified atom stereocenters. The minimum atomic E-state index is -0.0789. The van der Waals surface area contributed by atoms with Crippen LogP contribution in [0, 0.1) is 6.92 Å². The lowest BCUT2D eigenvalue weighted by atomic mass is 10.1. The highest BCUT2D eigenvalue weighted by molar-refractivity contribution is 5.84. The van der Waals surface area contributed by atoms with Gasteiger partial charge in [0.1, 0.15) is 17.1 Å². The highest BCUT2D eigenvalue weighted by Crippen LogP contribution is 2.27. The zero-order valence-corrected chi connectivity index (χ0v) is 13.3. The molecule has 2 heterocycles. The fraction of sp³-hybridized carbons (Fsp3) is 0.529. The Bertz CT molecular complexity index is 746. The number of phenolic OH excluding ortho intramolecular Hbond substituents is 1. The van der Waals surface area contributed by atoms with Gasteiger partial charge in [-0.2, -0.15) is 0 Å². The molecule has 0 saturated carbocycles. The number of hydrogen-bond acceptors (Lipinski definition) is 4. The summed E-state index contributed by atoms with van der Waals surface area (Å²) in [4.78, 5) is 19.2. The SMILES string of the molecule is CCn1c(C)nc2c(O)c(CN3CCCCC3)ccc2c1=O. The number of likely N-dealkylation sites (tertiary alicyclic amines) is 1. The number of benzene rings is 1. The van der Waals surface area contributed by atoms with E-state index in [-0.39, 0.29) is 11.3 Å². The van der Waals surface area contributed by atoms with Crippen LogP contribution < -0.4 is 5.56 Å². The Morgan fingerprint density at radius 1 is 1.23 bits per heavy atom. The molecule has 0 spiro atoms. The molecule has 1 aliphatic heterocycles. The summed E-state index contributed by atoms with van der Waals surface area (Å²) in [5, 5.41) is 11.0. The van der Waals surface area contributed by atoms with E-state index in [1.165, 1.54) is 19.3 Å². The van der Waals surface area contributed by atoms with Gasteiger partial charge in [-0.25, -0.2) is 4.98 Å². The molecule has 1 fully saturated rings. The molecule has 118 valence electrons. The van der Waals surface area contributed by atoms with Crippen molar-refractivity contribution in [2.24, 2.45) is 0 Å². The Morgan fingerprint density at radius 3 is 2.64 bits per heavy atom. The fourth-order valence-corrected chi connectivity index (χ4v) is 3.28. The number of phenols is 1. The molecule has 0 radical (unpaired) electrons. The van der Waals surface area contributed by atoms with Crippen LogP contribution in [0.15, 0.2) is 16.9 Å². The number of aromatic nitrogens is 2. The van der Waals surface area contributed by atoms with Gasteiger partial charge in [-0.3, -0.25) is 14.3 Å². The van der Waals surface area contributed by atoms with Gasteiger partial charge in [-0.1, -0.05) is 12.5 Å². The lowest BCUT2D eigenvalue weighted by Crippen LogP contribution is -2.29. The van der Waals surface area contributed by atoms with Crippen LogP contribution in [0.5, 0.6) is 5.75 Å². The van der Waals surface area contributed by atoms with E-state index in [0.717, 1.165) is 25.2 Å². The zero-order chi connectivity index (χ0) is 15.7. The summed E-state index contributed by atoms with van der Waals surface area (Å²) in [5.41, 5.74) is 1.21. The van der Waals surface area contributed by atoms with Crippen LogP contribution in [0.1, 0.15) is 37.6 Å². The topological polar surface area (TPSA) is 58.4 Å². The highest BCUT2D eigenvalue weighted by atomic mass is 16.3. The first-order chi connectivity index (χ1) is 10.6. The van der Waals surface area contributed by atoms with Crippen molar-refractivity contribution in [3.8, 4) is 5.75 Å². The second-order valence-electron chi connectivity index (χ2n) is 6.01. The van der Waals surface area contributed by atoms with E-state index in [2.05, 4.69) is 9.88 Å². The minimum Gasteiger partial charge on any atom is -0.505 e. The van der Waals surface area contributed by atoms with Crippen LogP contribution in [-0.2, 0) is 13.1 Å². The van der Waals surface area contributed by atoms with E-state index in [1.807, 2.05) is 13.0 Å². The molecule has 22 heavy (non-hydrogen) atoms. The second kappa shape index (κ2) is 6.08. The number of rotatable bonds is 3. The molecule has 2 aromatic rings. The Kier molecular flexibility index (Phi) is 4.16. The van der Waals surface area contributed by atoms with Gasteiger partial charge in [0.25, 0.3) is 5.56 Å². The summed E-state index contributed by atoms with van der Waals surface area (Å²) >= 11 is 0. The van der Waals surface area contributed by atoms with Crippen LogP contribution >= 0.6 is 0 Å². The summed E-state index contributed by atoms with van der Waals surface area (Å²) in [7, 11) is 0. The average Bonchev–Trinajstić information content (AvgIpc) is 2.52. The maximum absolute atomic E-state index is 12.4. The van der Waals surface area contributed by atoms with E-state index < -0.39 is 0 Å². The largest absolute Gasteiger partial charge is 0.505 e. The van der Waals surface area contributed by atoms with Crippen LogP contribution in [0.2, 0.25) is 0 Å². The van der Waals surface area contributed by atoms with Gasteiger partial charge >= 0.3 is 0 Å². The molecule has 5 heteroatoms.